The van der Waals surface area contributed by atoms with Crippen LogP contribution in [0.15, 0.2) is 18.2 Å². The van der Waals surface area contributed by atoms with E-state index in [2.05, 4.69) is 22.7 Å². The van der Waals surface area contributed by atoms with E-state index in [0.29, 0.717) is 11.4 Å². The monoisotopic (exact) mass is 200 g/mol. The molecule has 0 aromatic heterocycles. The molecule has 0 radical (unpaired) electrons. The van der Waals surface area contributed by atoms with Crippen molar-refractivity contribution in [1.82, 2.24) is 0 Å². The smallest absolute Gasteiger partial charge is 0.335 e. The highest BCUT2D eigenvalue weighted by molar-refractivity contribution is 5.90. The molecule has 0 amide bonds. The van der Waals surface area contributed by atoms with Gasteiger partial charge in [0, 0.05) is 23.5 Å². The van der Waals surface area contributed by atoms with E-state index in [-0.39, 0.29) is 5.56 Å². The maximum absolute atomic E-state index is 10.8. The second-order valence-corrected chi connectivity index (χ2v) is 2.64. The number of hydrogen-bond donors (Lipinski definition) is 3. The highest BCUT2D eigenvalue weighted by Gasteiger charge is 2.05. The van der Waals surface area contributed by atoms with Gasteiger partial charge in [-0.1, -0.05) is 12.8 Å². The molecule has 1 aromatic carbocycles. The number of carboxylic acid groups (broad SMARTS) is 1. The van der Waals surface area contributed by atoms with E-state index < -0.39 is 5.97 Å². The van der Waals surface area contributed by atoms with Gasteiger partial charge in [-0.05, 0) is 18.2 Å². The van der Waals surface area contributed by atoms with Gasteiger partial charge in [-0.25, -0.2) is 4.79 Å². The van der Waals surface area contributed by atoms with E-state index in [1.165, 1.54) is 12.1 Å². The Morgan fingerprint density at radius 1 is 1.13 bits per heavy atom. The second-order valence-electron chi connectivity index (χ2n) is 2.64. The van der Waals surface area contributed by atoms with Gasteiger partial charge in [0.15, 0.2) is 0 Å². The van der Waals surface area contributed by atoms with Gasteiger partial charge >= 0.3 is 5.97 Å². The molecule has 1 rings (SSSR count). The minimum Gasteiger partial charge on any atom is -0.478 e. The van der Waals surface area contributed by atoms with Gasteiger partial charge in [0.25, 0.3) is 0 Å². The average Bonchev–Trinajstić information content (AvgIpc) is 2.18. The van der Waals surface area contributed by atoms with E-state index in [1.54, 1.807) is 6.07 Å². The number of nitrogens with one attached hydrogen (secondary N) is 2. The lowest BCUT2D eigenvalue weighted by Gasteiger charge is -2.05. The molecule has 3 N–H and O–H groups in total. The largest absolute Gasteiger partial charge is 0.478 e. The Bertz CT molecular complexity index is 432. The summed E-state index contributed by atoms with van der Waals surface area (Å²) in [6.07, 6.45) is 10.1. The summed E-state index contributed by atoms with van der Waals surface area (Å²) in [5.74, 6) is -1.05. The Hall–Kier alpha value is -2.59. The lowest BCUT2D eigenvalue weighted by molar-refractivity contribution is 0.0697. The van der Waals surface area contributed by atoms with Gasteiger partial charge in [0.1, 0.15) is 0 Å². The zero-order chi connectivity index (χ0) is 11.3. The molecule has 0 saturated heterocycles. The molecule has 4 heteroatoms. The van der Waals surface area contributed by atoms with Crippen LogP contribution >= 0.6 is 0 Å². The van der Waals surface area contributed by atoms with Gasteiger partial charge in [-0.3, -0.25) is 0 Å². The summed E-state index contributed by atoms with van der Waals surface area (Å²) >= 11 is 0. The van der Waals surface area contributed by atoms with Crippen LogP contribution in [0.1, 0.15) is 10.4 Å². The number of terminal acetylenes is 2. The maximum Gasteiger partial charge on any atom is 0.335 e. The predicted molar refractivity (Wildman–Crippen MR) is 58.3 cm³/mol. The van der Waals surface area contributed by atoms with Gasteiger partial charge in [-0.2, -0.15) is 0 Å². The molecule has 4 nitrogen and oxygen atoms in total. The number of carbonyl (C=O) groups is 1. The first kappa shape index (κ1) is 10.5. The van der Waals surface area contributed by atoms with Crippen molar-refractivity contribution in [3.8, 4) is 24.9 Å². The summed E-state index contributed by atoms with van der Waals surface area (Å²) in [6, 6.07) is 8.85. The molecule has 1 aromatic rings. The number of hydrogen-bond acceptors (Lipinski definition) is 3. The normalized spacial score (nSPS) is 8.40. The Morgan fingerprint density at radius 3 is 1.93 bits per heavy atom. The molecular weight excluding hydrogens is 192 g/mol. The summed E-state index contributed by atoms with van der Waals surface area (Å²) in [6.45, 7) is 0. The maximum atomic E-state index is 10.8. The van der Waals surface area contributed by atoms with Crippen LogP contribution in [0.25, 0.3) is 0 Å². The quantitative estimate of drug-likeness (QED) is 0.509. The average molecular weight is 200 g/mol. The molecule has 0 heterocycles. The summed E-state index contributed by atoms with van der Waals surface area (Å²) < 4.78 is 0. The minimum absolute atomic E-state index is 0.105. The van der Waals surface area contributed by atoms with E-state index in [9.17, 15) is 4.79 Å². The fraction of sp³-hybridized carbons (Fsp3) is 0. The van der Waals surface area contributed by atoms with Crippen molar-refractivity contribution in [2.24, 2.45) is 0 Å². The molecule has 0 spiro atoms. The molecule has 0 aliphatic rings. The standard InChI is InChI=1S/C11H8N2O2/c1-3-12-9-5-8(11(14)15)6-10(7-9)13-4-2/h1-2,5-7,12-13H,(H,14,15). The molecule has 0 atom stereocenters. The summed E-state index contributed by atoms with van der Waals surface area (Å²) in [4.78, 5) is 10.8. The van der Waals surface area contributed by atoms with Crippen LogP contribution in [0.4, 0.5) is 11.4 Å². The van der Waals surface area contributed by atoms with Gasteiger partial charge in [-0.15, -0.1) is 0 Å². The Labute approximate surface area is 87.3 Å². The fourth-order valence-corrected chi connectivity index (χ4v) is 1.06. The Balaban J connectivity index is 3.16. The van der Waals surface area contributed by atoms with Crippen LogP contribution in [0, 0.1) is 24.9 Å². The van der Waals surface area contributed by atoms with Crippen molar-refractivity contribution < 1.29 is 9.90 Å². The predicted octanol–water partition coefficient (Wildman–Crippen LogP) is 1.39. The first-order chi connectivity index (χ1) is 7.17. The summed E-state index contributed by atoms with van der Waals surface area (Å²) in [5.41, 5.74) is 1.10. The van der Waals surface area contributed by atoms with Crippen molar-refractivity contribution in [2.75, 3.05) is 10.6 Å². The van der Waals surface area contributed by atoms with Crippen molar-refractivity contribution in [3.05, 3.63) is 23.8 Å². The molecule has 0 aliphatic carbocycles. The highest BCUT2D eigenvalue weighted by Crippen LogP contribution is 2.18. The second kappa shape index (κ2) is 4.59. The topological polar surface area (TPSA) is 61.4 Å². The van der Waals surface area contributed by atoms with Crippen molar-refractivity contribution >= 4 is 17.3 Å². The number of aromatic carboxylic acids is 1. The van der Waals surface area contributed by atoms with Gasteiger partial charge in [0.2, 0.25) is 0 Å². The van der Waals surface area contributed by atoms with Crippen LogP contribution in [-0.4, -0.2) is 11.1 Å². The summed E-state index contributed by atoms with van der Waals surface area (Å²) in [5, 5.41) is 13.9. The highest BCUT2D eigenvalue weighted by atomic mass is 16.4. The van der Waals surface area contributed by atoms with Crippen LogP contribution in [0.3, 0.4) is 0 Å². The fourth-order valence-electron chi connectivity index (χ4n) is 1.06. The molecule has 15 heavy (non-hydrogen) atoms. The van der Waals surface area contributed by atoms with Crippen LogP contribution in [-0.2, 0) is 0 Å². The molecule has 0 bridgehead atoms. The molecular formula is C11H8N2O2. The van der Waals surface area contributed by atoms with E-state index in [4.69, 9.17) is 18.0 Å². The molecule has 0 saturated carbocycles. The number of anilines is 2. The molecule has 74 valence electrons. The van der Waals surface area contributed by atoms with E-state index >= 15 is 0 Å². The number of rotatable bonds is 3. The molecule has 0 unspecified atom stereocenters. The van der Waals surface area contributed by atoms with Crippen LogP contribution in [0.5, 0.6) is 0 Å². The van der Waals surface area contributed by atoms with Gasteiger partial charge in [0.05, 0.1) is 5.56 Å². The van der Waals surface area contributed by atoms with Gasteiger partial charge < -0.3 is 15.7 Å². The number of carboxylic acids is 1. The third-order valence-electron chi connectivity index (χ3n) is 1.61. The Kier molecular flexibility index (Phi) is 3.21. The number of benzene rings is 1. The zero-order valence-corrected chi connectivity index (χ0v) is 7.74. The van der Waals surface area contributed by atoms with Crippen molar-refractivity contribution in [2.45, 2.75) is 0 Å². The third kappa shape index (κ3) is 2.68. The first-order valence-electron chi connectivity index (χ1n) is 3.99. The third-order valence-corrected chi connectivity index (χ3v) is 1.61. The Morgan fingerprint density at radius 2 is 1.60 bits per heavy atom. The van der Waals surface area contributed by atoms with Crippen molar-refractivity contribution in [3.63, 3.8) is 0 Å². The molecule has 0 fully saturated rings. The van der Waals surface area contributed by atoms with E-state index in [1.807, 2.05) is 0 Å². The first-order valence-corrected chi connectivity index (χ1v) is 3.99. The van der Waals surface area contributed by atoms with Crippen molar-refractivity contribution in [1.29, 1.82) is 0 Å². The van der Waals surface area contributed by atoms with Crippen LogP contribution in [0.2, 0.25) is 0 Å². The van der Waals surface area contributed by atoms with E-state index in [0.717, 1.165) is 0 Å². The van der Waals surface area contributed by atoms with Crippen LogP contribution < -0.4 is 10.6 Å². The lowest BCUT2D eigenvalue weighted by Crippen LogP contribution is -2.00. The summed E-state index contributed by atoms with van der Waals surface area (Å²) in [7, 11) is 0. The lowest BCUT2D eigenvalue weighted by atomic mass is 10.1. The SMILES string of the molecule is C#CNc1cc(NC#C)cc(C(=O)O)c1. The zero-order valence-electron chi connectivity index (χ0n) is 7.74. The molecule has 0 aliphatic heterocycles. The minimum atomic E-state index is -1.05.